The van der Waals surface area contributed by atoms with Crippen molar-refractivity contribution in [1.29, 1.82) is 0 Å². The monoisotopic (exact) mass is 1380 g/mol. The van der Waals surface area contributed by atoms with Gasteiger partial charge < -0.3 is 33.8 Å². The van der Waals surface area contributed by atoms with E-state index >= 15 is 0 Å². The minimum absolute atomic E-state index is 0.107. The molecule has 0 aliphatic carbocycles. The highest BCUT2D eigenvalue weighted by Gasteiger charge is 2.30. The van der Waals surface area contributed by atoms with Crippen LogP contribution in [0.2, 0.25) is 0 Å². The van der Waals surface area contributed by atoms with Crippen molar-refractivity contribution in [1.82, 2.24) is 0 Å². The number of esters is 4. The molecule has 0 spiro atoms. The number of rotatable bonds is 74. The number of carbonyl (C=O) groups excluding carboxylic acids is 4. The van der Waals surface area contributed by atoms with Gasteiger partial charge in [0.05, 0.1) is 26.4 Å². The van der Waals surface area contributed by atoms with E-state index < -0.39 is 97.5 Å². The first kappa shape index (κ1) is 92.1. The fourth-order valence-electron chi connectivity index (χ4n) is 11.4. The molecule has 0 amide bonds. The molecule has 0 aromatic rings. The largest absolute Gasteiger partial charge is 0.472 e. The second kappa shape index (κ2) is 66.9. The molecule has 0 fully saturated rings. The van der Waals surface area contributed by atoms with E-state index in [4.69, 9.17) is 37.0 Å². The number of hydrogen-bond acceptors (Lipinski definition) is 15. The Balaban J connectivity index is 5.25. The summed E-state index contributed by atoms with van der Waals surface area (Å²) in [7, 11) is -9.91. The van der Waals surface area contributed by atoms with E-state index in [1.807, 2.05) is 0 Å². The number of phosphoric ester groups is 2. The Labute approximate surface area is 575 Å². The van der Waals surface area contributed by atoms with Crippen LogP contribution < -0.4 is 0 Å². The number of hydrogen-bond donors (Lipinski definition) is 3. The maximum atomic E-state index is 13.1. The third kappa shape index (κ3) is 66.0. The van der Waals surface area contributed by atoms with E-state index in [1.54, 1.807) is 0 Å². The summed E-state index contributed by atoms with van der Waals surface area (Å²) < 4.78 is 68.5. The van der Waals surface area contributed by atoms with Crippen molar-refractivity contribution in [3.63, 3.8) is 0 Å². The molecule has 17 nitrogen and oxygen atoms in total. The van der Waals surface area contributed by atoms with Crippen molar-refractivity contribution < 1.29 is 80.2 Å². The molecule has 0 aliphatic heterocycles. The summed E-state index contributed by atoms with van der Waals surface area (Å²) in [5.41, 5.74) is 0. The Morgan fingerprint density at radius 1 is 0.298 bits per heavy atom. The van der Waals surface area contributed by atoms with Gasteiger partial charge in [0.25, 0.3) is 0 Å². The van der Waals surface area contributed by atoms with Gasteiger partial charge in [-0.05, 0) is 37.5 Å². The van der Waals surface area contributed by atoms with Gasteiger partial charge in [-0.3, -0.25) is 37.3 Å². The summed E-state index contributed by atoms with van der Waals surface area (Å²) in [6.07, 6.45) is 53.8. The van der Waals surface area contributed by atoms with Crippen molar-refractivity contribution >= 4 is 39.5 Å². The van der Waals surface area contributed by atoms with Gasteiger partial charge >= 0.3 is 39.5 Å². The minimum Gasteiger partial charge on any atom is -0.462 e. The van der Waals surface area contributed by atoms with E-state index in [9.17, 15) is 43.2 Å². The first-order chi connectivity index (χ1) is 45.4. The highest BCUT2D eigenvalue weighted by Crippen LogP contribution is 2.45. The van der Waals surface area contributed by atoms with Crippen LogP contribution in [0, 0.1) is 11.8 Å². The van der Waals surface area contributed by atoms with Crippen molar-refractivity contribution in [3.8, 4) is 0 Å². The van der Waals surface area contributed by atoms with Crippen LogP contribution in [0.15, 0.2) is 0 Å². The molecule has 0 radical (unpaired) electrons. The predicted molar refractivity (Wildman–Crippen MR) is 381 cm³/mol. The fourth-order valence-corrected chi connectivity index (χ4v) is 13.0. The Hall–Kier alpha value is -1.94. The Bertz CT molecular complexity index is 1820. The molecule has 0 heterocycles. The van der Waals surface area contributed by atoms with E-state index in [0.717, 1.165) is 102 Å². The summed E-state index contributed by atoms with van der Waals surface area (Å²) >= 11 is 0. The Kier molecular flexibility index (Phi) is 65.5. The van der Waals surface area contributed by atoms with Crippen LogP contribution in [-0.4, -0.2) is 96.7 Å². The molecular formula is C75H146O17P2. The van der Waals surface area contributed by atoms with Gasteiger partial charge in [0.2, 0.25) is 0 Å². The molecule has 0 aliphatic rings. The quantitative estimate of drug-likeness (QED) is 0.0222. The lowest BCUT2D eigenvalue weighted by molar-refractivity contribution is -0.161. The highest BCUT2D eigenvalue weighted by molar-refractivity contribution is 7.47. The summed E-state index contributed by atoms with van der Waals surface area (Å²) in [5.74, 6) is -0.460. The molecule has 7 atom stereocenters. The first-order valence-corrected chi connectivity index (χ1v) is 42.1. The Morgan fingerprint density at radius 2 is 0.511 bits per heavy atom. The molecular weight excluding hydrogens is 1230 g/mol. The van der Waals surface area contributed by atoms with E-state index in [-0.39, 0.29) is 25.7 Å². The minimum atomic E-state index is -4.96. The van der Waals surface area contributed by atoms with Gasteiger partial charge in [-0.25, -0.2) is 9.13 Å². The van der Waals surface area contributed by atoms with Crippen LogP contribution in [0.1, 0.15) is 388 Å². The summed E-state index contributed by atoms with van der Waals surface area (Å²) in [4.78, 5) is 72.8. The second-order valence-corrected chi connectivity index (χ2v) is 30.4. The van der Waals surface area contributed by atoms with Crippen LogP contribution in [0.5, 0.6) is 0 Å². The van der Waals surface area contributed by atoms with Crippen LogP contribution >= 0.6 is 15.6 Å². The number of aliphatic hydroxyl groups is 1. The Morgan fingerprint density at radius 3 is 0.755 bits per heavy atom. The molecule has 0 aromatic carbocycles. The predicted octanol–water partition coefficient (Wildman–Crippen LogP) is 21.9. The zero-order valence-electron chi connectivity index (χ0n) is 61.3. The number of unbranched alkanes of at least 4 members (excludes halogenated alkanes) is 42. The van der Waals surface area contributed by atoms with Crippen LogP contribution in [0.3, 0.4) is 0 Å². The van der Waals surface area contributed by atoms with Gasteiger partial charge in [0.1, 0.15) is 19.3 Å². The fraction of sp³-hybridized carbons (Fsp3) is 0.947. The highest BCUT2D eigenvalue weighted by atomic mass is 31.2. The standard InChI is InChI=1S/C75H146O17P2/c1-7-11-13-15-17-19-21-27-35-41-47-53-59-74(79)91-70(63-85-72(77)57-51-45-39-33-20-18-16-14-12-8-2)65-89-93(81,82)87-61-69(76)62-88-94(83,84)90-66-71(64-86-73(78)58-52-46-40-34-30-29-32-38-44-50-56-68(6)10-4)92-75(80)60-54-48-42-36-28-25-23-22-24-26-31-37-43-49-55-67(5)9-3/h67-71,76H,7-66H2,1-6H3,(H,81,82)(H,83,84)/t67?,68?,69-,70+,71+/m0/s1. The molecule has 558 valence electrons. The van der Waals surface area contributed by atoms with Crippen LogP contribution in [-0.2, 0) is 65.4 Å². The van der Waals surface area contributed by atoms with E-state index in [1.165, 1.54) is 205 Å². The first-order valence-electron chi connectivity index (χ1n) is 39.1. The van der Waals surface area contributed by atoms with Gasteiger partial charge in [0, 0.05) is 25.7 Å². The summed E-state index contributed by atoms with van der Waals surface area (Å²) in [5, 5.41) is 10.6. The maximum absolute atomic E-state index is 13.1. The lowest BCUT2D eigenvalue weighted by atomic mass is 9.99. The molecule has 4 unspecified atom stereocenters. The number of phosphoric acid groups is 2. The van der Waals surface area contributed by atoms with E-state index in [2.05, 4.69) is 41.5 Å². The molecule has 3 N–H and O–H groups in total. The number of aliphatic hydroxyl groups excluding tert-OH is 1. The second-order valence-electron chi connectivity index (χ2n) is 27.5. The third-order valence-electron chi connectivity index (χ3n) is 18.2. The zero-order chi connectivity index (χ0) is 69.3. The van der Waals surface area contributed by atoms with Crippen LogP contribution in [0.4, 0.5) is 0 Å². The molecule has 0 saturated carbocycles. The number of ether oxygens (including phenoxy) is 4. The lowest BCUT2D eigenvalue weighted by Crippen LogP contribution is -2.30. The molecule has 0 aromatic heterocycles. The molecule has 94 heavy (non-hydrogen) atoms. The van der Waals surface area contributed by atoms with Crippen molar-refractivity contribution in [2.24, 2.45) is 11.8 Å². The van der Waals surface area contributed by atoms with E-state index in [0.29, 0.717) is 25.7 Å². The van der Waals surface area contributed by atoms with Gasteiger partial charge in [-0.15, -0.1) is 0 Å². The molecule has 0 bridgehead atoms. The lowest BCUT2D eigenvalue weighted by Gasteiger charge is -2.21. The third-order valence-corrected chi connectivity index (χ3v) is 20.1. The van der Waals surface area contributed by atoms with Gasteiger partial charge in [0.15, 0.2) is 12.2 Å². The average Bonchev–Trinajstić information content (AvgIpc) is 2.64. The smallest absolute Gasteiger partial charge is 0.462 e. The van der Waals surface area contributed by atoms with Gasteiger partial charge in [-0.2, -0.15) is 0 Å². The molecule has 0 saturated heterocycles. The number of carbonyl (C=O) groups is 4. The summed E-state index contributed by atoms with van der Waals surface area (Å²) in [6, 6.07) is 0. The molecule has 0 rings (SSSR count). The maximum Gasteiger partial charge on any atom is 0.472 e. The summed E-state index contributed by atoms with van der Waals surface area (Å²) in [6.45, 7) is 9.67. The van der Waals surface area contributed by atoms with Crippen molar-refractivity contribution in [2.45, 2.75) is 407 Å². The van der Waals surface area contributed by atoms with Crippen LogP contribution in [0.25, 0.3) is 0 Å². The average molecular weight is 1380 g/mol. The molecule has 19 heteroatoms. The SMILES string of the molecule is CCCCCCCCCCCCCCC(=O)O[C@H](COC(=O)CCCCCCCCCCCC)COP(=O)(O)OC[C@H](O)COP(=O)(O)OC[C@@H](COC(=O)CCCCCCCCCCCCC(C)CC)OC(=O)CCCCCCCCCCCCCCCCC(C)CC. The zero-order valence-corrected chi connectivity index (χ0v) is 63.1. The van der Waals surface area contributed by atoms with Crippen molar-refractivity contribution in [2.75, 3.05) is 39.6 Å². The topological polar surface area (TPSA) is 237 Å². The van der Waals surface area contributed by atoms with Gasteiger partial charge in [-0.1, -0.05) is 337 Å². The normalized spacial score (nSPS) is 14.6. The van der Waals surface area contributed by atoms with Crippen molar-refractivity contribution in [3.05, 3.63) is 0 Å².